The van der Waals surface area contributed by atoms with Gasteiger partial charge in [-0.2, -0.15) is 0 Å². The van der Waals surface area contributed by atoms with Crippen LogP contribution in [0.4, 0.5) is 5.69 Å². The quantitative estimate of drug-likeness (QED) is 0.563. The lowest BCUT2D eigenvalue weighted by molar-refractivity contribution is -0.123. The monoisotopic (exact) mass is 462 g/mol. The summed E-state index contributed by atoms with van der Waals surface area (Å²) in [6.45, 7) is 7.98. The van der Waals surface area contributed by atoms with Crippen molar-refractivity contribution in [1.82, 2.24) is 15.1 Å². The summed E-state index contributed by atoms with van der Waals surface area (Å²) in [7, 11) is 0. The highest BCUT2D eigenvalue weighted by Crippen LogP contribution is 2.27. The minimum absolute atomic E-state index is 0.00760. The fraction of sp³-hybridized carbons (Fsp3) is 0.500. The molecule has 0 aromatic heterocycles. The van der Waals surface area contributed by atoms with E-state index >= 15 is 0 Å². The molecular weight excluding hydrogens is 424 g/mol. The third kappa shape index (κ3) is 7.40. The molecular formula is C28H38N4O2. The van der Waals surface area contributed by atoms with Gasteiger partial charge in [0.2, 0.25) is 11.8 Å². The number of likely N-dealkylation sites (tertiary alicyclic amines) is 1. The number of hydrogen-bond donors (Lipinski definition) is 2. The number of amides is 2. The Morgan fingerprint density at radius 2 is 1.71 bits per heavy atom. The smallest absolute Gasteiger partial charge is 0.238 e. The zero-order valence-corrected chi connectivity index (χ0v) is 20.6. The van der Waals surface area contributed by atoms with Crippen molar-refractivity contribution in [3.63, 3.8) is 0 Å². The van der Waals surface area contributed by atoms with Gasteiger partial charge in [-0.05, 0) is 62.3 Å². The predicted octanol–water partition coefficient (Wildman–Crippen LogP) is 3.88. The standard InChI is InChI=1S/C28H38N4O2/c1-21-8-9-22(2)26(18-21)30-28(34)20-32(25-10-11-25)17-14-27(33)29-24-12-15-31(16-13-24)19-23-6-4-3-5-7-23/h3-9,18,24-25H,10-17,19-20H2,1-2H3,(H,29,33)(H,30,34). The van der Waals surface area contributed by atoms with Gasteiger partial charge < -0.3 is 10.6 Å². The first-order valence-electron chi connectivity index (χ1n) is 12.6. The number of carbonyl (C=O) groups excluding carboxylic acids is 2. The summed E-state index contributed by atoms with van der Waals surface area (Å²) in [4.78, 5) is 30.0. The topological polar surface area (TPSA) is 64.7 Å². The summed E-state index contributed by atoms with van der Waals surface area (Å²) in [6.07, 6.45) is 4.64. The maximum absolute atomic E-state index is 12.7. The molecule has 182 valence electrons. The Balaban J connectivity index is 1.18. The van der Waals surface area contributed by atoms with Crippen molar-refractivity contribution in [3.8, 4) is 0 Å². The van der Waals surface area contributed by atoms with Crippen LogP contribution in [-0.2, 0) is 16.1 Å². The van der Waals surface area contributed by atoms with Crippen molar-refractivity contribution in [2.45, 2.75) is 64.6 Å². The van der Waals surface area contributed by atoms with Crippen LogP contribution in [0.25, 0.3) is 0 Å². The number of carbonyl (C=O) groups is 2. The van der Waals surface area contributed by atoms with Gasteiger partial charge in [0.1, 0.15) is 0 Å². The zero-order valence-electron chi connectivity index (χ0n) is 20.6. The number of nitrogens with one attached hydrogen (secondary N) is 2. The van der Waals surface area contributed by atoms with E-state index in [4.69, 9.17) is 0 Å². The van der Waals surface area contributed by atoms with Gasteiger partial charge in [-0.3, -0.25) is 19.4 Å². The molecule has 1 heterocycles. The summed E-state index contributed by atoms with van der Waals surface area (Å²) in [5, 5.41) is 6.29. The Hall–Kier alpha value is -2.70. The van der Waals surface area contributed by atoms with Crippen LogP contribution < -0.4 is 10.6 Å². The highest BCUT2D eigenvalue weighted by Gasteiger charge is 2.31. The van der Waals surface area contributed by atoms with Crippen molar-refractivity contribution < 1.29 is 9.59 Å². The largest absolute Gasteiger partial charge is 0.353 e. The Kier molecular flexibility index (Phi) is 8.35. The van der Waals surface area contributed by atoms with Gasteiger partial charge in [-0.25, -0.2) is 0 Å². The summed E-state index contributed by atoms with van der Waals surface area (Å²) < 4.78 is 0. The molecule has 4 rings (SSSR count). The van der Waals surface area contributed by atoms with E-state index in [0.29, 0.717) is 25.6 Å². The second-order valence-electron chi connectivity index (χ2n) is 9.92. The maximum Gasteiger partial charge on any atom is 0.238 e. The minimum atomic E-state index is -0.00760. The van der Waals surface area contributed by atoms with Crippen molar-refractivity contribution in [2.24, 2.45) is 0 Å². The van der Waals surface area contributed by atoms with Gasteiger partial charge in [0.15, 0.2) is 0 Å². The molecule has 0 spiro atoms. The second kappa shape index (κ2) is 11.6. The van der Waals surface area contributed by atoms with Crippen LogP contribution in [0.2, 0.25) is 0 Å². The fourth-order valence-corrected chi connectivity index (χ4v) is 4.70. The Morgan fingerprint density at radius 3 is 2.41 bits per heavy atom. The maximum atomic E-state index is 12.7. The molecule has 0 radical (unpaired) electrons. The molecule has 2 aromatic carbocycles. The van der Waals surface area contributed by atoms with E-state index in [0.717, 1.165) is 62.1 Å². The molecule has 2 fully saturated rings. The number of anilines is 1. The molecule has 34 heavy (non-hydrogen) atoms. The highest BCUT2D eigenvalue weighted by atomic mass is 16.2. The molecule has 0 bridgehead atoms. The van der Waals surface area contributed by atoms with Crippen LogP contribution in [0, 0.1) is 13.8 Å². The highest BCUT2D eigenvalue weighted by molar-refractivity contribution is 5.93. The van der Waals surface area contributed by atoms with Gasteiger partial charge in [-0.1, -0.05) is 42.5 Å². The number of piperidine rings is 1. The Bertz CT molecular complexity index is 966. The molecule has 2 aromatic rings. The van der Waals surface area contributed by atoms with Crippen LogP contribution in [0.3, 0.4) is 0 Å². The van der Waals surface area contributed by atoms with E-state index in [9.17, 15) is 9.59 Å². The molecule has 6 heteroatoms. The third-order valence-electron chi connectivity index (χ3n) is 6.90. The lowest BCUT2D eigenvalue weighted by atomic mass is 10.0. The van der Waals surface area contributed by atoms with Gasteiger partial charge >= 0.3 is 0 Å². The molecule has 1 aliphatic heterocycles. The Labute approximate surface area is 203 Å². The molecule has 2 aliphatic rings. The van der Waals surface area contributed by atoms with Crippen molar-refractivity contribution in [3.05, 3.63) is 65.2 Å². The normalized spacial score (nSPS) is 17.0. The predicted molar refractivity (Wildman–Crippen MR) is 137 cm³/mol. The first-order chi connectivity index (χ1) is 16.5. The number of rotatable bonds is 10. The minimum Gasteiger partial charge on any atom is -0.353 e. The van der Waals surface area contributed by atoms with Crippen LogP contribution in [0.5, 0.6) is 0 Å². The summed E-state index contributed by atoms with van der Waals surface area (Å²) in [5.41, 5.74) is 4.40. The molecule has 0 unspecified atom stereocenters. The summed E-state index contributed by atoms with van der Waals surface area (Å²) in [5.74, 6) is 0.0916. The van der Waals surface area contributed by atoms with Gasteiger partial charge in [0, 0.05) is 50.4 Å². The van der Waals surface area contributed by atoms with Crippen LogP contribution in [0.1, 0.15) is 48.8 Å². The Morgan fingerprint density at radius 1 is 0.971 bits per heavy atom. The van der Waals surface area contributed by atoms with E-state index in [1.807, 2.05) is 38.1 Å². The van der Waals surface area contributed by atoms with E-state index in [1.165, 1.54) is 5.56 Å². The first kappa shape index (κ1) is 24.4. The van der Waals surface area contributed by atoms with Crippen molar-refractivity contribution >= 4 is 17.5 Å². The SMILES string of the molecule is Cc1ccc(C)c(NC(=O)CN(CCC(=O)NC2CCN(Cc3ccccc3)CC2)C2CC2)c1. The van der Waals surface area contributed by atoms with E-state index in [-0.39, 0.29) is 17.9 Å². The van der Waals surface area contributed by atoms with Crippen LogP contribution >= 0.6 is 0 Å². The lowest BCUT2D eigenvalue weighted by Crippen LogP contribution is -2.45. The fourth-order valence-electron chi connectivity index (χ4n) is 4.70. The summed E-state index contributed by atoms with van der Waals surface area (Å²) >= 11 is 0. The van der Waals surface area contributed by atoms with Crippen molar-refractivity contribution in [1.29, 1.82) is 0 Å². The van der Waals surface area contributed by atoms with Gasteiger partial charge in [0.25, 0.3) is 0 Å². The average Bonchev–Trinajstić information content (AvgIpc) is 3.66. The summed E-state index contributed by atoms with van der Waals surface area (Å²) in [6, 6.07) is 17.3. The third-order valence-corrected chi connectivity index (χ3v) is 6.90. The first-order valence-corrected chi connectivity index (χ1v) is 12.6. The van der Waals surface area contributed by atoms with Gasteiger partial charge in [-0.15, -0.1) is 0 Å². The molecule has 2 amide bonds. The zero-order chi connectivity index (χ0) is 23.9. The second-order valence-corrected chi connectivity index (χ2v) is 9.92. The number of aryl methyl sites for hydroxylation is 2. The average molecular weight is 463 g/mol. The number of nitrogens with zero attached hydrogens (tertiary/aromatic N) is 2. The molecule has 1 saturated carbocycles. The molecule has 1 aliphatic carbocycles. The van der Waals surface area contributed by atoms with E-state index in [1.54, 1.807) is 0 Å². The number of benzene rings is 2. The van der Waals surface area contributed by atoms with E-state index < -0.39 is 0 Å². The van der Waals surface area contributed by atoms with E-state index in [2.05, 4.69) is 44.7 Å². The number of hydrogen-bond acceptors (Lipinski definition) is 4. The lowest BCUT2D eigenvalue weighted by Gasteiger charge is -2.32. The molecule has 6 nitrogen and oxygen atoms in total. The van der Waals surface area contributed by atoms with Crippen molar-refractivity contribution in [2.75, 3.05) is 31.5 Å². The molecule has 2 N–H and O–H groups in total. The van der Waals surface area contributed by atoms with Crippen LogP contribution in [0.15, 0.2) is 48.5 Å². The van der Waals surface area contributed by atoms with Gasteiger partial charge in [0.05, 0.1) is 6.54 Å². The van der Waals surface area contributed by atoms with Crippen LogP contribution in [-0.4, -0.2) is 59.9 Å². The molecule has 0 atom stereocenters. The molecule has 1 saturated heterocycles.